The topological polar surface area (TPSA) is 95.4 Å². The highest BCUT2D eigenvalue weighted by atomic mass is 16.1. The van der Waals surface area contributed by atoms with Crippen LogP contribution in [-0.4, -0.2) is 45.6 Å². The van der Waals surface area contributed by atoms with Crippen LogP contribution in [0, 0.1) is 19.8 Å². The average Bonchev–Trinajstić information content (AvgIpc) is 3.09. The van der Waals surface area contributed by atoms with Crippen LogP contribution < -0.4 is 15.8 Å². The minimum atomic E-state index is -0.164. The summed E-state index contributed by atoms with van der Waals surface area (Å²) >= 11 is 0. The van der Waals surface area contributed by atoms with Crippen LogP contribution in [0.2, 0.25) is 0 Å². The molecule has 0 bridgehead atoms. The molecular weight excluding hydrogens is 368 g/mol. The summed E-state index contributed by atoms with van der Waals surface area (Å²) in [5.41, 5.74) is 4.77. The minimum absolute atomic E-state index is 0.0660. The molecule has 1 aliphatic heterocycles. The van der Waals surface area contributed by atoms with Crippen LogP contribution >= 0.6 is 0 Å². The number of nitrogens with zero attached hydrogens (tertiary/aromatic N) is 4. The van der Waals surface area contributed by atoms with Gasteiger partial charge < -0.3 is 15.2 Å². The molecule has 0 atom stereocenters. The lowest BCUT2D eigenvalue weighted by molar-refractivity contribution is 0.0958. The van der Waals surface area contributed by atoms with E-state index in [0.29, 0.717) is 17.2 Å². The molecule has 3 aromatic heterocycles. The van der Waals surface area contributed by atoms with Crippen molar-refractivity contribution in [3.8, 4) is 0 Å². The van der Waals surface area contributed by atoms with E-state index in [1.165, 1.54) is 0 Å². The number of aromatic nitrogens is 4. The Balaban J connectivity index is 1.41. The molecule has 1 aliphatic rings. The molecule has 8 heteroatoms. The number of carbonyl (C=O) groups excluding carboxylic acids is 1. The molecule has 0 radical (unpaired) electrons. The number of anilines is 1. The van der Waals surface area contributed by atoms with Crippen molar-refractivity contribution in [2.24, 2.45) is 5.92 Å². The van der Waals surface area contributed by atoms with Gasteiger partial charge in [-0.05, 0) is 51.2 Å². The molecule has 0 spiro atoms. The third-order valence-electron chi connectivity index (χ3n) is 5.67. The highest BCUT2D eigenvalue weighted by molar-refractivity contribution is 5.92. The molecule has 1 fully saturated rings. The van der Waals surface area contributed by atoms with Crippen LogP contribution in [0.4, 0.5) is 5.69 Å². The molecule has 0 unspecified atom stereocenters. The van der Waals surface area contributed by atoms with Crippen LogP contribution in [0.5, 0.6) is 0 Å². The molecule has 0 saturated carbocycles. The first-order valence-corrected chi connectivity index (χ1v) is 9.97. The molecule has 0 aromatic carbocycles. The smallest absolute Gasteiger partial charge is 0.269 e. The van der Waals surface area contributed by atoms with E-state index in [0.717, 1.165) is 55.1 Å². The van der Waals surface area contributed by atoms with Crippen LogP contribution in [0.3, 0.4) is 0 Å². The fourth-order valence-corrected chi connectivity index (χ4v) is 4.01. The zero-order chi connectivity index (χ0) is 20.5. The number of fused-ring (bicyclic) bond motifs is 1. The maximum Gasteiger partial charge on any atom is 0.269 e. The number of aromatic amines is 1. The van der Waals surface area contributed by atoms with Gasteiger partial charge in [0, 0.05) is 38.0 Å². The van der Waals surface area contributed by atoms with Crippen molar-refractivity contribution in [1.82, 2.24) is 24.9 Å². The third-order valence-corrected chi connectivity index (χ3v) is 5.67. The van der Waals surface area contributed by atoms with Gasteiger partial charge >= 0.3 is 0 Å². The number of piperidine rings is 1. The monoisotopic (exact) mass is 394 g/mol. The molecule has 4 heterocycles. The highest BCUT2D eigenvalue weighted by Crippen LogP contribution is 2.27. The van der Waals surface area contributed by atoms with Gasteiger partial charge in [-0.25, -0.2) is 9.50 Å². The van der Waals surface area contributed by atoms with Crippen molar-refractivity contribution >= 4 is 17.2 Å². The summed E-state index contributed by atoms with van der Waals surface area (Å²) < 4.78 is 1.75. The summed E-state index contributed by atoms with van der Waals surface area (Å²) in [4.78, 5) is 33.2. The molecule has 1 saturated heterocycles. The summed E-state index contributed by atoms with van der Waals surface area (Å²) in [5.74, 6) is 0.393. The Morgan fingerprint density at radius 2 is 2.03 bits per heavy atom. The highest BCUT2D eigenvalue weighted by Gasteiger charge is 2.22. The maximum absolute atomic E-state index is 11.8. The lowest BCUT2D eigenvalue weighted by Gasteiger charge is -2.34. The van der Waals surface area contributed by atoms with Gasteiger partial charge in [0.15, 0.2) is 0 Å². The standard InChI is InChI=1S/C21H26N6O2/c1-13-12-27-19(24-20(13)28)11-16(25-27)10-15-6-8-26(9-7-15)18-5-4-17(21(29)22-3)23-14(18)2/h4-5,11-12,15H,6-10H2,1-3H3,(H,22,29)(H,24,28). The van der Waals surface area contributed by atoms with Crippen LogP contribution in [0.1, 0.15) is 40.3 Å². The Kier molecular flexibility index (Phi) is 5.08. The number of carbonyl (C=O) groups is 1. The van der Waals surface area contributed by atoms with Crippen molar-refractivity contribution in [2.45, 2.75) is 33.1 Å². The Labute approximate surface area is 169 Å². The molecule has 3 aromatic rings. The second-order valence-electron chi connectivity index (χ2n) is 7.75. The van der Waals surface area contributed by atoms with Crippen LogP contribution in [0.25, 0.3) is 5.65 Å². The average molecular weight is 394 g/mol. The van der Waals surface area contributed by atoms with E-state index in [1.807, 2.05) is 19.1 Å². The van der Waals surface area contributed by atoms with Crippen molar-refractivity contribution < 1.29 is 4.79 Å². The predicted octanol–water partition coefficient (Wildman–Crippen LogP) is 1.85. The Morgan fingerprint density at radius 3 is 2.72 bits per heavy atom. The fraction of sp³-hybridized carbons (Fsp3) is 0.429. The molecule has 2 N–H and O–H groups in total. The first-order valence-electron chi connectivity index (χ1n) is 9.97. The van der Waals surface area contributed by atoms with E-state index in [1.54, 1.807) is 30.8 Å². The van der Waals surface area contributed by atoms with Gasteiger partial charge in [-0.1, -0.05) is 0 Å². The number of H-pyrrole nitrogens is 1. The van der Waals surface area contributed by atoms with Gasteiger partial charge in [0.25, 0.3) is 11.5 Å². The summed E-state index contributed by atoms with van der Waals surface area (Å²) in [6, 6.07) is 5.75. The second-order valence-corrected chi connectivity index (χ2v) is 7.75. The fourth-order valence-electron chi connectivity index (χ4n) is 4.01. The first-order chi connectivity index (χ1) is 13.9. The summed E-state index contributed by atoms with van der Waals surface area (Å²) in [5, 5.41) is 7.23. The number of pyridine rings is 1. The normalized spacial score (nSPS) is 15.1. The molecular formula is C21H26N6O2. The summed E-state index contributed by atoms with van der Waals surface area (Å²) in [6.45, 7) is 5.65. The molecule has 29 heavy (non-hydrogen) atoms. The second kappa shape index (κ2) is 7.69. The number of aryl methyl sites for hydroxylation is 2. The third kappa shape index (κ3) is 3.87. The Morgan fingerprint density at radius 1 is 1.28 bits per heavy atom. The van der Waals surface area contributed by atoms with E-state index >= 15 is 0 Å². The zero-order valence-electron chi connectivity index (χ0n) is 17.0. The van der Waals surface area contributed by atoms with Crippen LogP contribution in [-0.2, 0) is 6.42 Å². The largest absolute Gasteiger partial charge is 0.370 e. The van der Waals surface area contributed by atoms with Gasteiger partial charge in [-0.15, -0.1) is 0 Å². The van der Waals surface area contributed by atoms with Gasteiger partial charge in [-0.3, -0.25) is 9.59 Å². The van der Waals surface area contributed by atoms with Crippen molar-refractivity contribution in [3.05, 3.63) is 57.4 Å². The molecule has 0 aliphatic carbocycles. The van der Waals surface area contributed by atoms with Crippen molar-refractivity contribution in [2.75, 3.05) is 25.0 Å². The lowest BCUT2D eigenvalue weighted by atomic mass is 9.92. The van der Waals surface area contributed by atoms with Crippen molar-refractivity contribution in [3.63, 3.8) is 0 Å². The molecule has 8 nitrogen and oxygen atoms in total. The lowest BCUT2D eigenvalue weighted by Crippen LogP contribution is -2.35. The number of hydrogen-bond donors (Lipinski definition) is 2. The van der Waals surface area contributed by atoms with E-state index in [2.05, 4.69) is 25.3 Å². The number of amides is 1. The van der Waals surface area contributed by atoms with Gasteiger partial charge in [-0.2, -0.15) is 5.10 Å². The zero-order valence-corrected chi connectivity index (χ0v) is 17.0. The molecule has 1 amide bonds. The molecule has 4 rings (SSSR count). The van der Waals surface area contributed by atoms with Gasteiger partial charge in [0.1, 0.15) is 11.3 Å². The Hall–Kier alpha value is -3.16. The maximum atomic E-state index is 11.8. The number of nitrogens with one attached hydrogen (secondary N) is 2. The SMILES string of the molecule is CNC(=O)c1ccc(N2CCC(Cc3cc4[nH]c(=O)c(C)cn4n3)CC2)c(C)n1. The van der Waals surface area contributed by atoms with E-state index in [4.69, 9.17) is 0 Å². The van der Waals surface area contributed by atoms with Gasteiger partial charge in [0.2, 0.25) is 0 Å². The predicted molar refractivity (Wildman–Crippen MR) is 112 cm³/mol. The minimum Gasteiger partial charge on any atom is -0.370 e. The quantitative estimate of drug-likeness (QED) is 0.704. The number of rotatable bonds is 4. The summed E-state index contributed by atoms with van der Waals surface area (Å²) in [7, 11) is 1.61. The van der Waals surface area contributed by atoms with E-state index < -0.39 is 0 Å². The van der Waals surface area contributed by atoms with Gasteiger partial charge in [0.05, 0.1) is 17.1 Å². The van der Waals surface area contributed by atoms with Crippen molar-refractivity contribution in [1.29, 1.82) is 0 Å². The molecule has 152 valence electrons. The summed E-state index contributed by atoms with van der Waals surface area (Å²) in [6.07, 6.45) is 4.82. The Bertz CT molecular complexity index is 1110. The van der Waals surface area contributed by atoms with Crippen LogP contribution in [0.15, 0.2) is 29.2 Å². The van der Waals surface area contributed by atoms with E-state index in [-0.39, 0.29) is 11.5 Å². The van der Waals surface area contributed by atoms with E-state index in [9.17, 15) is 9.59 Å². The first kappa shape index (κ1) is 19.2. The number of hydrogen-bond acceptors (Lipinski definition) is 5.